The molecule has 0 fully saturated rings. The maximum absolute atomic E-state index is 11.3. The molecule has 18 heavy (non-hydrogen) atoms. The molecule has 94 valence electrons. The fourth-order valence-corrected chi connectivity index (χ4v) is 1.63. The summed E-state index contributed by atoms with van der Waals surface area (Å²) >= 11 is 0. The van der Waals surface area contributed by atoms with Crippen molar-refractivity contribution in [3.05, 3.63) is 58.1 Å². The number of rotatable bonds is 4. The lowest BCUT2D eigenvalue weighted by Crippen LogP contribution is -2.07. The second-order valence-electron chi connectivity index (χ2n) is 3.84. The van der Waals surface area contributed by atoms with E-state index in [0.29, 0.717) is 13.0 Å². The van der Waals surface area contributed by atoms with Gasteiger partial charge in [0.05, 0.1) is 5.56 Å². The minimum Gasteiger partial charge on any atom is -0.504 e. The third kappa shape index (κ3) is 2.53. The van der Waals surface area contributed by atoms with Crippen LogP contribution < -0.4 is 10.4 Å². The van der Waals surface area contributed by atoms with Gasteiger partial charge in [0.1, 0.15) is 12.9 Å². The van der Waals surface area contributed by atoms with E-state index in [4.69, 9.17) is 9.15 Å². The van der Waals surface area contributed by atoms with Gasteiger partial charge in [-0.1, -0.05) is 37.3 Å². The Kier molecular flexibility index (Phi) is 3.67. The first kappa shape index (κ1) is 12.2. The molecule has 0 spiro atoms. The highest BCUT2D eigenvalue weighted by Crippen LogP contribution is 2.28. The number of hydrogen-bond donors (Lipinski definition) is 1. The number of hydrogen-bond acceptors (Lipinski definition) is 4. The molecule has 2 aromatic rings. The zero-order valence-electron chi connectivity index (χ0n) is 10.1. The summed E-state index contributed by atoms with van der Waals surface area (Å²) in [5.74, 6) is 0.0555. The third-order valence-corrected chi connectivity index (χ3v) is 2.63. The average molecular weight is 246 g/mol. The molecule has 0 unspecified atom stereocenters. The van der Waals surface area contributed by atoms with Crippen molar-refractivity contribution in [1.82, 2.24) is 0 Å². The summed E-state index contributed by atoms with van der Waals surface area (Å²) in [6, 6.07) is 9.55. The molecule has 1 N–H and O–H groups in total. The summed E-state index contributed by atoms with van der Waals surface area (Å²) in [6.45, 7) is 2.08. The molecular weight excluding hydrogens is 232 g/mol. The normalized spacial score (nSPS) is 10.3. The van der Waals surface area contributed by atoms with E-state index in [0.717, 1.165) is 11.8 Å². The molecule has 1 heterocycles. The van der Waals surface area contributed by atoms with E-state index in [2.05, 4.69) is 0 Å². The molecule has 0 radical (unpaired) electrons. The van der Waals surface area contributed by atoms with Crippen molar-refractivity contribution in [2.24, 2.45) is 0 Å². The van der Waals surface area contributed by atoms with E-state index in [9.17, 15) is 9.90 Å². The van der Waals surface area contributed by atoms with Gasteiger partial charge in [0, 0.05) is 0 Å². The van der Waals surface area contributed by atoms with Gasteiger partial charge in [-0.15, -0.1) is 0 Å². The minimum absolute atomic E-state index is 0.135. The Bertz CT molecular complexity index is 572. The number of aromatic hydroxyl groups is 1. The first-order valence-electron chi connectivity index (χ1n) is 5.72. The zero-order valence-corrected chi connectivity index (χ0v) is 10.1. The number of benzene rings is 1. The summed E-state index contributed by atoms with van der Waals surface area (Å²) < 4.78 is 10.2. The largest absolute Gasteiger partial charge is 0.504 e. The Morgan fingerprint density at radius 2 is 2.00 bits per heavy atom. The Balaban J connectivity index is 2.18. The summed E-state index contributed by atoms with van der Waals surface area (Å²) in [5, 5.41) is 9.86. The number of ether oxygens (including phenoxy) is 1. The highest BCUT2D eigenvalue weighted by Gasteiger charge is 2.12. The van der Waals surface area contributed by atoms with Crippen LogP contribution in [0.5, 0.6) is 11.5 Å². The fraction of sp³-hybridized carbons (Fsp3) is 0.214. The van der Waals surface area contributed by atoms with Gasteiger partial charge in [0.15, 0.2) is 11.5 Å². The molecule has 0 saturated carbocycles. The first-order valence-corrected chi connectivity index (χ1v) is 5.72. The van der Waals surface area contributed by atoms with Crippen LogP contribution in [0.3, 0.4) is 0 Å². The summed E-state index contributed by atoms with van der Waals surface area (Å²) in [6.07, 6.45) is 1.54. The lowest BCUT2D eigenvalue weighted by Gasteiger charge is -2.08. The van der Waals surface area contributed by atoms with Crippen LogP contribution in [0.2, 0.25) is 0 Å². The van der Waals surface area contributed by atoms with Crippen molar-refractivity contribution in [2.75, 3.05) is 0 Å². The average Bonchev–Trinajstić information content (AvgIpc) is 2.40. The van der Waals surface area contributed by atoms with Crippen molar-refractivity contribution in [2.45, 2.75) is 20.0 Å². The summed E-state index contributed by atoms with van der Waals surface area (Å²) in [5.41, 5.74) is 0.684. The van der Waals surface area contributed by atoms with Gasteiger partial charge in [-0.2, -0.15) is 0 Å². The van der Waals surface area contributed by atoms with Crippen molar-refractivity contribution >= 4 is 0 Å². The smallest absolute Gasteiger partial charge is 0.342 e. The maximum atomic E-state index is 11.3. The van der Waals surface area contributed by atoms with Crippen molar-refractivity contribution in [1.29, 1.82) is 0 Å². The van der Waals surface area contributed by atoms with Gasteiger partial charge < -0.3 is 14.3 Å². The van der Waals surface area contributed by atoms with Crippen LogP contribution >= 0.6 is 0 Å². The Morgan fingerprint density at radius 1 is 1.28 bits per heavy atom. The van der Waals surface area contributed by atoms with Gasteiger partial charge in [-0.25, -0.2) is 4.79 Å². The van der Waals surface area contributed by atoms with E-state index in [1.165, 1.54) is 0 Å². The quantitative estimate of drug-likeness (QED) is 0.900. The van der Waals surface area contributed by atoms with Gasteiger partial charge >= 0.3 is 5.63 Å². The molecule has 4 heteroatoms. The van der Waals surface area contributed by atoms with Gasteiger partial charge in [-0.05, 0) is 12.0 Å². The van der Waals surface area contributed by atoms with Crippen LogP contribution in [0, 0.1) is 0 Å². The topological polar surface area (TPSA) is 59.7 Å². The molecule has 0 atom stereocenters. The van der Waals surface area contributed by atoms with Crippen molar-refractivity contribution < 1.29 is 14.3 Å². The molecule has 1 aromatic heterocycles. The van der Waals surface area contributed by atoms with E-state index in [1.54, 1.807) is 6.92 Å². The van der Waals surface area contributed by atoms with E-state index in [-0.39, 0.29) is 17.1 Å². The second kappa shape index (κ2) is 5.40. The lowest BCUT2D eigenvalue weighted by atomic mass is 10.2. The van der Waals surface area contributed by atoms with E-state index in [1.807, 2.05) is 30.3 Å². The van der Waals surface area contributed by atoms with Gasteiger partial charge in [-0.3, -0.25) is 0 Å². The highest BCUT2D eigenvalue weighted by atomic mass is 16.5. The summed E-state index contributed by atoms with van der Waals surface area (Å²) in [4.78, 5) is 11.3. The molecule has 0 aliphatic rings. The van der Waals surface area contributed by atoms with Gasteiger partial charge in [0.25, 0.3) is 0 Å². The zero-order chi connectivity index (χ0) is 13.0. The minimum atomic E-state index is -0.526. The molecule has 0 aliphatic heterocycles. The van der Waals surface area contributed by atoms with E-state index < -0.39 is 5.63 Å². The van der Waals surface area contributed by atoms with Crippen LogP contribution in [0.1, 0.15) is 18.1 Å². The third-order valence-electron chi connectivity index (χ3n) is 2.63. The predicted molar refractivity (Wildman–Crippen MR) is 66.8 cm³/mol. The van der Waals surface area contributed by atoms with Crippen LogP contribution in [-0.4, -0.2) is 5.11 Å². The van der Waals surface area contributed by atoms with Gasteiger partial charge in [0.2, 0.25) is 0 Å². The van der Waals surface area contributed by atoms with Crippen molar-refractivity contribution in [3.63, 3.8) is 0 Å². The summed E-state index contributed by atoms with van der Waals surface area (Å²) in [7, 11) is 0. The predicted octanol–water partition coefficient (Wildman–Crippen LogP) is 2.49. The Morgan fingerprint density at radius 3 is 2.67 bits per heavy atom. The lowest BCUT2D eigenvalue weighted by molar-refractivity contribution is 0.273. The molecule has 1 aromatic carbocycles. The Labute approximate surface area is 104 Å². The van der Waals surface area contributed by atoms with Crippen LogP contribution in [0.4, 0.5) is 0 Å². The second-order valence-corrected chi connectivity index (χ2v) is 3.84. The van der Waals surface area contributed by atoms with Crippen LogP contribution in [0.25, 0.3) is 0 Å². The molecule has 0 saturated heterocycles. The molecule has 0 bridgehead atoms. The highest BCUT2D eigenvalue weighted by molar-refractivity contribution is 5.41. The SMILES string of the molecule is CCc1c(O)c(OCc2ccccc2)coc1=O. The molecular formula is C14H14O4. The molecule has 2 rings (SSSR count). The standard InChI is InChI=1S/C14H14O4/c1-2-11-13(15)12(9-18-14(11)16)17-8-10-6-4-3-5-7-10/h3-7,9,15H,2,8H2,1H3. The molecule has 0 amide bonds. The molecule has 0 aliphatic carbocycles. The first-order chi connectivity index (χ1) is 8.72. The van der Waals surface area contributed by atoms with Crippen LogP contribution in [-0.2, 0) is 13.0 Å². The van der Waals surface area contributed by atoms with Crippen molar-refractivity contribution in [3.8, 4) is 11.5 Å². The monoisotopic (exact) mass is 246 g/mol. The maximum Gasteiger partial charge on any atom is 0.342 e. The van der Waals surface area contributed by atoms with E-state index >= 15 is 0 Å². The van der Waals surface area contributed by atoms with Crippen LogP contribution in [0.15, 0.2) is 45.8 Å². The fourth-order valence-electron chi connectivity index (χ4n) is 1.63. The molecule has 4 nitrogen and oxygen atoms in total. The Hall–Kier alpha value is -2.23.